The first-order chi connectivity index (χ1) is 5.97. The van der Waals surface area contributed by atoms with E-state index in [1.165, 1.54) is 6.42 Å². The second-order valence-corrected chi connectivity index (χ2v) is 4.84. The van der Waals surface area contributed by atoms with Crippen LogP contribution in [0.15, 0.2) is 0 Å². The molecule has 1 aliphatic rings. The zero-order valence-electron chi connectivity index (χ0n) is 9.63. The van der Waals surface area contributed by atoms with Crippen molar-refractivity contribution >= 4 is 0 Å². The maximum Gasteiger partial charge on any atom is 0.0675 e. The van der Waals surface area contributed by atoms with Gasteiger partial charge in [-0.05, 0) is 34.1 Å². The van der Waals surface area contributed by atoms with E-state index in [9.17, 15) is 0 Å². The van der Waals surface area contributed by atoms with Crippen LogP contribution in [0.5, 0.6) is 0 Å². The maximum absolute atomic E-state index is 5.68. The van der Waals surface area contributed by atoms with Crippen LogP contribution in [0.1, 0.15) is 41.0 Å². The van der Waals surface area contributed by atoms with Gasteiger partial charge in [-0.1, -0.05) is 6.92 Å². The molecule has 1 rings (SSSR count). The Morgan fingerprint density at radius 2 is 2.15 bits per heavy atom. The van der Waals surface area contributed by atoms with Crippen LogP contribution in [0.4, 0.5) is 0 Å². The summed E-state index contributed by atoms with van der Waals surface area (Å²) in [5.41, 5.74) is 0.210. The van der Waals surface area contributed by atoms with E-state index >= 15 is 0 Å². The van der Waals surface area contributed by atoms with Gasteiger partial charge in [-0.15, -0.1) is 0 Å². The van der Waals surface area contributed by atoms with Gasteiger partial charge in [0.1, 0.15) is 0 Å². The van der Waals surface area contributed by atoms with Crippen LogP contribution in [-0.2, 0) is 4.74 Å². The molecular weight excluding hydrogens is 162 g/mol. The average molecular weight is 185 g/mol. The molecule has 1 heterocycles. The third-order valence-electron chi connectivity index (χ3n) is 3.08. The third-order valence-corrected chi connectivity index (χ3v) is 3.08. The lowest BCUT2D eigenvalue weighted by Crippen LogP contribution is -2.58. The van der Waals surface area contributed by atoms with Crippen LogP contribution in [-0.4, -0.2) is 35.7 Å². The van der Waals surface area contributed by atoms with E-state index in [0.717, 1.165) is 13.2 Å². The van der Waals surface area contributed by atoms with Crippen molar-refractivity contribution in [3.8, 4) is 0 Å². The van der Waals surface area contributed by atoms with Crippen LogP contribution in [0.2, 0.25) is 0 Å². The number of rotatable bonds is 2. The summed E-state index contributed by atoms with van der Waals surface area (Å²) in [4.78, 5) is 2.57. The quantitative estimate of drug-likeness (QED) is 0.654. The van der Waals surface area contributed by atoms with Crippen molar-refractivity contribution in [2.75, 3.05) is 13.2 Å². The van der Waals surface area contributed by atoms with Gasteiger partial charge >= 0.3 is 0 Å². The molecule has 0 aromatic heterocycles. The highest BCUT2D eigenvalue weighted by Crippen LogP contribution is 2.25. The Kier molecular flexibility index (Phi) is 3.36. The van der Waals surface area contributed by atoms with Gasteiger partial charge in [0.2, 0.25) is 0 Å². The van der Waals surface area contributed by atoms with Crippen molar-refractivity contribution in [2.24, 2.45) is 0 Å². The minimum Gasteiger partial charge on any atom is -0.375 e. The van der Waals surface area contributed by atoms with E-state index in [1.807, 2.05) is 0 Å². The smallest absolute Gasteiger partial charge is 0.0675 e. The highest BCUT2D eigenvalue weighted by molar-refractivity contribution is 4.89. The monoisotopic (exact) mass is 185 g/mol. The van der Waals surface area contributed by atoms with E-state index < -0.39 is 0 Å². The predicted octanol–water partition coefficient (Wildman–Crippen LogP) is 2.28. The first-order valence-corrected chi connectivity index (χ1v) is 5.35. The Bertz CT molecular complexity index is 167. The van der Waals surface area contributed by atoms with Gasteiger partial charge in [-0.2, -0.15) is 0 Å². The molecule has 13 heavy (non-hydrogen) atoms. The van der Waals surface area contributed by atoms with Gasteiger partial charge in [0.15, 0.2) is 0 Å². The molecule has 0 aromatic rings. The molecule has 1 fully saturated rings. The molecule has 0 aromatic carbocycles. The molecule has 78 valence electrons. The largest absolute Gasteiger partial charge is 0.375 e. The summed E-state index contributed by atoms with van der Waals surface area (Å²) in [6.45, 7) is 13.2. The fourth-order valence-electron chi connectivity index (χ4n) is 2.00. The first kappa shape index (κ1) is 11.0. The summed E-state index contributed by atoms with van der Waals surface area (Å²) in [5.74, 6) is 0. The standard InChI is InChI=1S/C11H23NO/c1-6-9(2)12-7-10(3)13-8-11(12,4)5/h9-10H,6-8H2,1-5H3. The van der Waals surface area contributed by atoms with Crippen molar-refractivity contribution in [1.82, 2.24) is 4.90 Å². The molecule has 0 radical (unpaired) electrons. The minimum atomic E-state index is 0.210. The first-order valence-electron chi connectivity index (χ1n) is 5.35. The Morgan fingerprint density at radius 3 is 2.69 bits per heavy atom. The lowest BCUT2D eigenvalue weighted by molar-refractivity contribution is -0.106. The van der Waals surface area contributed by atoms with Crippen molar-refractivity contribution in [3.05, 3.63) is 0 Å². The lowest BCUT2D eigenvalue weighted by atomic mass is 9.98. The molecule has 0 bridgehead atoms. The van der Waals surface area contributed by atoms with E-state index in [-0.39, 0.29) is 5.54 Å². The minimum absolute atomic E-state index is 0.210. The molecule has 0 amide bonds. The summed E-state index contributed by atoms with van der Waals surface area (Å²) in [6, 6.07) is 0.668. The molecule has 2 heteroatoms. The number of hydrogen-bond acceptors (Lipinski definition) is 2. The Morgan fingerprint density at radius 1 is 1.54 bits per heavy atom. The Labute approximate surface area is 82.3 Å². The zero-order valence-corrected chi connectivity index (χ0v) is 9.63. The van der Waals surface area contributed by atoms with Crippen molar-refractivity contribution in [2.45, 2.75) is 58.7 Å². The number of ether oxygens (including phenoxy) is 1. The molecule has 2 unspecified atom stereocenters. The molecule has 1 saturated heterocycles. The fourth-order valence-corrected chi connectivity index (χ4v) is 2.00. The van der Waals surface area contributed by atoms with Crippen molar-refractivity contribution in [1.29, 1.82) is 0 Å². The number of morpholine rings is 1. The van der Waals surface area contributed by atoms with Gasteiger partial charge < -0.3 is 4.74 Å². The highest BCUT2D eigenvalue weighted by Gasteiger charge is 2.35. The molecule has 0 spiro atoms. The average Bonchev–Trinajstić information content (AvgIpc) is 2.08. The molecule has 2 atom stereocenters. The van der Waals surface area contributed by atoms with Crippen molar-refractivity contribution in [3.63, 3.8) is 0 Å². The summed E-state index contributed by atoms with van der Waals surface area (Å²) in [7, 11) is 0. The van der Waals surface area contributed by atoms with Gasteiger partial charge in [0.05, 0.1) is 12.7 Å². The normalized spacial score (nSPS) is 31.6. The van der Waals surface area contributed by atoms with Crippen LogP contribution >= 0.6 is 0 Å². The molecule has 0 N–H and O–H groups in total. The molecule has 1 aliphatic heterocycles. The SMILES string of the molecule is CCC(C)N1CC(C)OCC1(C)C. The van der Waals surface area contributed by atoms with Crippen LogP contribution < -0.4 is 0 Å². The van der Waals surface area contributed by atoms with E-state index in [0.29, 0.717) is 12.1 Å². The van der Waals surface area contributed by atoms with E-state index in [2.05, 4.69) is 39.5 Å². The zero-order chi connectivity index (χ0) is 10.1. The van der Waals surface area contributed by atoms with E-state index in [4.69, 9.17) is 4.74 Å². The molecule has 0 aliphatic carbocycles. The Hall–Kier alpha value is -0.0800. The Balaban J connectivity index is 2.66. The molecule has 2 nitrogen and oxygen atoms in total. The predicted molar refractivity (Wildman–Crippen MR) is 56.0 cm³/mol. The van der Waals surface area contributed by atoms with E-state index in [1.54, 1.807) is 0 Å². The maximum atomic E-state index is 5.68. The van der Waals surface area contributed by atoms with Gasteiger partial charge in [0.25, 0.3) is 0 Å². The second kappa shape index (κ2) is 3.97. The second-order valence-electron chi connectivity index (χ2n) is 4.84. The summed E-state index contributed by atoms with van der Waals surface area (Å²) in [5, 5.41) is 0. The van der Waals surface area contributed by atoms with Gasteiger partial charge in [-0.25, -0.2) is 0 Å². The van der Waals surface area contributed by atoms with Gasteiger partial charge in [-0.3, -0.25) is 4.90 Å². The highest BCUT2D eigenvalue weighted by atomic mass is 16.5. The molecular formula is C11H23NO. The fraction of sp³-hybridized carbons (Fsp3) is 1.00. The van der Waals surface area contributed by atoms with Crippen LogP contribution in [0, 0.1) is 0 Å². The van der Waals surface area contributed by atoms with Crippen molar-refractivity contribution < 1.29 is 4.74 Å². The van der Waals surface area contributed by atoms with Crippen LogP contribution in [0.25, 0.3) is 0 Å². The lowest BCUT2D eigenvalue weighted by Gasteiger charge is -2.47. The summed E-state index contributed by atoms with van der Waals surface area (Å²) in [6.07, 6.45) is 1.61. The third kappa shape index (κ3) is 2.44. The van der Waals surface area contributed by atoms with Gasteiger partial charge in [0, 0.05) is 18.1 Å². The summed E-state index contributed by atoms with van der Waals surface area (Å²) >= 11 is 0. The summed E-state index contributed by atoms with van der Waals surface area (Å²) < 4.78 is 5.68. The number of hydrogen-bond donors (Lipinski definition) is 0. The van der Waals surface area contributed by atoms with Crippen LogP contribution in [0.3, 0.4) is 0 Å². The topological polar surface area (TPSA) is 12.5 Å². The molecule has 0 saturated carbocycles. The number of nitrogens with zero attached hydrogens (tertiary/aromatic N) is 1.